The number of ketones is 1. The second-order valence-corrected chi connectivity index (χ2v) is 7.31. The molecule has 0 spiro atoms. The molecule has 0 N–H and O–H groups in total. The van der Waals surface area contributed by atoms with E-state index in [4.69, 9.17) is 4.74 Å². The van der Waals surface area contributed by atoms with E-state index in [1.54, 1.807) is 4.90 Å². The van der Waals surface area contributed by atoms with E-state index in [1.165, 1.54) is 0 Å². The summed E-state index contributed by atoms with van der Waals surface area (Å²) >= 11 is 0. The molecule has 1 saturated carbocycles. The number of hydrogen-bond donors (Lipinski definition) is 0. The van der Waals surface area contributed by atoms with Crippen LogP contribution in [0.1, 0.15) is 44.0 Å². The van der Waals surface area contributed by atoms with Gasteiger partial charge in [-0.2, -0.15) is 0 Å². The van der Waals surface area contributed by atoms with Crippen LogP contribution in [-0.4, -0.2) is 35.0 Å². The number of carbonyl (C=O) groups is 2. The molecule has 1 aromatic carbocycles. The van der Waals surface area contributed by atoms with Gasteiger partial charge in [0.1, 0.15) is 11.6 Å². The molecule has 2 aliphatic rings. The quantitative estimate of drug-likeness (QED) is 0.785. The number of carbonyl (C=O) groups excluding carboxylic acids is 2. The monoisotopic (exact) mass is 301 g/mol. The minimum atomic E-state index is -0.543. The van der Waals surface area contributed by atoms with Crippen LogP contribution >= 0.6 is 0 Å². The van der Waals surface area contributed by atoms with Gasteiger partial charge in [0.15, 0.2) is 5.78 Å². The van der Waals surface area contributed by atoms with Gasteiger partial charge in [-0.1, -0.05) is 30.3 Å². The molecule has 3 rings (SSSR count). The fraction of sp³-hybridized carbons (Fsp3) is 0.556. The predicted octanol–water partition coefficient (Wildman–Crippen LogP) is 3.51. The number of ether oxygens (including phenoxy) is 1. The molecular weight excluding hydrogens is 278 g/mol. The predicted molar refractivity (Wildman–Crippen MR) is 83.7 cm³/mol. The van der Waals surface area contributed by atoms with Crippen molar-refractivity contribution in [3.05, 3.63) is 35.9 Å². The third kappa shape index (κ3) is 2.74. The number of fused-ring (bicyclic) bond motifs is 1. The molecule has 1 aromatic rings. The minimum absolute atomic E-state index is 0.0404. The van der Waals surface area contributed by atoms with Gasteiger partial charge >= 0.3 is 6.09 Å². The van der Waals surface area contributed by atoms with Crippen LogP contribution in [0.3, 0.4) is 0 Å². The number of amides is 1. The molecule has 3 atom stereocenters. The third-order valence-electron chi connectivity index (χ3n) is 4.60. The Balaban J connectivity index is 1.83. The lowest BCUT2D eigenvalue weighted by Gasteiger charge is -2.33. The maximum Gasteiger partial charge on any atom is 0.410 e. The Morgan fingerprint density at radius 3 is 2.36 bits per heavy atom. The van der Waals surface area contributed by atoms with E-state index in [0.29, 0.717) is 23.9 Å². The van der Waals surface area contributed by atoms with Gasteiger partial charge in [0, 0.05) is 12.1 Å². The van der Waals surface area contributed by atoms with Gasteiger partial charge in [-0.15, -0.1) is 0 Å². The van der Waals surface area contributed by atoms with Crippen LogP contribution in [0.5, 0.6) is 0 Å². The maximum atomic E-state index is 12.9. The van der Waals surface area contributed by atoms with Gasteiger partial charge < -0.3 is 4.74 Å². The first kappa shape index (κ1) is 15.1. The molecule has 1 aliphatic heterocycles. The number of benzene rings is 1. The van der Waals surface area contributed by atoms with Gasteiger partial charge in [-0.3, -0.25) is 9.69 Å². The highest BCUT2D eigenvalue weighted by Gasteiger charge is 2.52. The van der Waals surface area contributed by atoms with Crippen molar-refractivity contribution in [2.75, 3.05) is 6.54 Å². The number of rotatable bonds is 2. The van der Waals surface area contributed by atoms with Crippen molar-refractivity contribution < 1.29 is 14.3 Å². The normalized spacial score (nSPS) is 27.0. The van der Waals surface area contributed by atoms with Crippen LogP contribution in [0.4, 0.5) is 4.79 Å². The summed E-state index contributed by atoms with van der Waals surface area (Å²) < 4.78 is 5.50. The first-order valence-corrected chi connectivity index (χ1v) is 7.96. The highest BCUT2D eigenvalue weighted by molar-refractivity contribution is 6.02. The van der Waals surface area contributed by atoms with Crippen molar-refractivity contribution in [3.63, 3.8) is 0 Å². The summed E-state index contributed by atoms with van der Waals surface area (Å²) in [5.41, 5.74) is 0.132. The van der Waals surface area contributed by atoms with Crippen LogP contribution < -0.4 is 0 Å². The minimum Gasteiger partial charge on any atom is -0.444 e. The topological polar surface area (TPSA) is 46.6 Å². The Bertz CT molecular complexity index is 576. The summed E-state index contributed by atoms with van der Waals surface area (Å²) in [4.78, 5) is 27.0. The molecule has 2 fully saturated rings. The molecule has 118 valence electrons. The van der Waals surface area contributed by atoms with Crippen LogP contribution in [0.15, 0.2) is 30.3 Å². The fourth-order valence-corrected chi connectivity index (χ4v) is 3.45. The zero-order chi connectivity index (χ0) is 15.9. The SMILES string of the molecule is CC(C)(C)OC(=O)N1C[C@@H]2CC[C@@H]2[C@@H]1C(=O)c1ccccc1. The van der Waals surface area contributed by atoms with Crippen LogP contribution in [-0.2, 0) is 4.74 Å². The summed E-state index contributed by atoms with van der Waals surface area (Å²) in [6, 6.07) is 8.89. The van der Waals surface area contributed by atoms with Gasteiger partial charge in [-0.05, 0) is 45.4 Å². The van der Waals surface area contributed by atoms with Crippen molar-refractivity contribution in [1.29, 1.82) is 0 Å². The molecular formula is C18H23NO3. The summed E-state index contributed by atoms with van der Waals surface area (Å²) in [7, 11) is 0. The van der Waals surface area contributed by atoms with E-state index in [2.05, 4.69) is 0 Å². The summed E-state index contributed by atoms with van der Waals surface area (Å²) in [5, 5.41) is 0. The third-order valence-corrected chi connectivity index (χ3v) is 4.60. The Labute approximate surface area is 131 Å². The van der Waals surface area contributed by atoms with E-state index in [1.807, 2.05) is 51.1 Å². The largest absolute Gasteiger partial charge is 0.444 e. The van der Waals surface area contributed by atoms with Gasteiger partial charge in [0.05, 0.1) is 0 Å². The van der Waals surface area contributed by atoms with Gasteiger partial charge in [-0.25, -0.2) is 4.79 Å². The number of nitrogens with zero attached hydrogens (tertiary/aromatic N) is 1. The Morgan fingerprint density at radius 2 is 1.82 bits per heavy atom. The molecule has 0 aromatic heterocycles. The van der Waals surface area contributed by atoms with Crippen molar-refractivity contribution in [3.8, 4) is 0 Å². The van der Waals surface area contributed by atoms with E-state index in [9.17, 15) is 9.59 Å². The van der Waals surface area contributed by atoms with E-state index in [-0.39, 0.29) is 17.9 Å². The number of hydrogen-bond acceptors (Lipinski definition) is 3. The molecule has 0 bridgehead atoms. The Morgan fingerprint density at radius 1 is 1.14 bits per heavy atom. The van der Waals surface area contributed by atoms with Gasteiger partial charge in [0.25, 0.3) is 0 Å². The lowest BCUT2D eigenvalue weighted by molar-refractivity contribution is 0.0206. The summed E-state index contributed by atoms with van der Waals surface area (Å²) in [6.07, 6.45) is 1.76. The first-order chi connectivity index (χ1) is 10.4. The molecule has 1 aliphatic carbocycles. The second-order valence-electron chi connectivity index (χ2n) is 7.31. The lowest BCUT2D eigenvalue weighted by Crippen LogP contribution is -2.46. The highest BCUT2D eigenvalue weighted by Crippen LogP contribution is 2.46. The van der Waals surface area contributed by atoms with Crippen molar-refractivity contribution >= 4 is 11.9 Å². The zero-order valence-electron chi connectivity index (χ0n) is 13.4. The average molecular weight is 301 g/mol. The molecule has 1 amide bonds. The fourth-order valence-electron chi connectivity index (χ4n) is 3.45. The molecule has 4 nitrogen and oxygen atoms in total. The van der Waals surface area contributed by atoms with Crippen molar-refractivity contribution in [1.82, 2.24) is 4.90 Å². The highest BCUT2D eigenvalue weighted by atomic mass is 16.6. The maximum absolute atomic E-state index is 12.9. The van der Waals surface area contributed by atoms with E-state index >= 15 is 0 Å². The van der Waals surface area contributed by atoms with Gasteiger partial charge in [0.2, 0.25) is 0 Å². The first-order valence-electron chi connectivity index (χ1n) is 7.96. The molecule has 1 heterocycles. The number of Topliss-reactive ketones (excluding diaryl/α,β-unsaturated/α-hetero) is 1. The summed E-state index contributed by atoms with van der Waals surface area (Å²) in [5.74, 6) is 0.782. The smallest absolute Gasteiger partial charge is 0.410 e. The molecule has 1 saturated heterocycles. The lowest BCUT2D eigenvalue weighted by atomic mass is 9.71. The number of likely N-dealkylation sites (tertiary alicyclic amines) is 1. The van der Waals surface area contributed by atoms with Crippen LogP contribution in [0.2, 0.25) is 0 Å². The zero-order valence-corrected chi connectivity index (χ0v) is 13.4. The molecule has 4 heteroatoms. The summed E-state index contributed by atoms with van der Waals surface area (Å²) in [6.45, 7) is 6.19. The average Bonchev–Trinajstić information content (AvgIpc) is 2.68. The standard InChI is InChI=1S/C18H23NO3/c1-18(2,3)22-17(21)19-11-13-9-10-14(13)15(19)16(20)12-7-5-4-6-8-12/h4-8,13-15H,9-11H2,1-3H3/t13-,14-,15+/m0/s1. The Kier molecular flexibility index (Phi) is 3.71. The second kappa shape index (κ2) is 5.41. The Hall–Kier alpha value is -1.84. The molecule has 0 radical (unpaired) electrons. The molecule has 0 unspecified atom stereocenters. The van der Waals surface area contributed by atoms with Crippen LogP contribution in [0, 0.1) is 11.8 Å². The van der Waals surface area contributed by atoms with E-state index in [0.717, 1.165) is 12.8 Å². The van der Waals surface area contributed by atoms with Crippen molar-refractivity contribution in [2.45, 2.75) is 45.3 Å². The molecule has 22 heavy (non-hydrogen) atoms. The van der Waals surface area contributed by atoms with E-state index < -0.39 is 5.60 Å². The van der Waals surface area contributed by atoms with Crippen LogP contribution in [0.25, 0.3) is 0 Å². The van der Waals surface area contributed by atoms with Crippen molar-refractivity contribution in [2.24, 2.45) is 11.8 Å².